The van der Waals surface area contributed by atoms with Crippen LogP contribution in [0.1, 0.15) is 22.8 Å². The van der Waals surface area contributed by atoms with Crippen molar-refractivity contribution in [1.82, 2.24) is 5.32 Å². The van der Waals surface area contributed by atoms with E-state index in [1.54, 1.807) is 12.1 Å². The fourth-order valence-corrected chi connectivity index (χ4v) is 1.46. The van der Waals surface area contributed by atoms with Crippen molar-refractivity contribution in [2.24, 2.45) is 5.73 Å². The molecule has 1 atom stereocenters. The summed E-state index contributed by atoms with van der Waals surface area (Å²) in [7, 11) is 1.87. The topological polar surface area (TPSA) is 64.3 Å². The molecule has 1 amide bonds. The van der Waals surface area contributed by atoms with Crippen molar-refractivity contribution in [1.29, 1.82) is 0 Å². The van der Waals surface area contributed by atoms with Crippen LogP contribution in [0.4, 0.5) is 0 Å². The molecule has 16 heavy (non-hydrogen) atoms. The molecule has 4 heteroatoms. The molecule has 0 aliphatic carbocycles. The molecule has 0 saturated heterocycles. The van der Waals surface area contributed by atoms with Crippen molar-refractivity contribution in [3.63, 3.8) is 0 Å². The molecular formula is C12H18N2O2. The molecule has 1 aromatic carbocycles. The van der Waals surface area contributed by atoms with Crippen molar-refractivity contribution in [2.45, 2.75) is 19.6 Å². The lowest BCUT2D eigenvalue weighted by atomic mass is 10.1. The average Bonchev–Trinajstić information content (AvgIpc) is 2.27. The van der Waals surface area contributed by atoms with Crippen LogP contribution in [0.15, 0.2) is 24.3 Å². The van der Waals surface area contributed by atoms with Gasteiger partial charge in [0.05, 0.1) is 12.7 Å². The zero-order chi connectivity index (χ0) is 12.0. The van der Waals surface area contributed by atoms with Crippen molar-refractivity contribution >= 4 is 5.91 Å². The van der Waals surface area contributed by atoms with Crippen LogP contribution in [-0.2, 0) is 11.3 Å². The lowest BCUT2D eigenvalue weighted by Crippen LogP contribution is -2.24. The normalized spacial score (nSPS) is 12.4. The number of primary amides is 1. The third-order valence-corrected chi connectivity index (χ3v) is 2.30. The van der Waals surface area contributed by atoms with Gasteiger partial charge in [0.2, 0.25) is 5.91 Å². The van der Waals surface area contributed by atoms with Gasteiger partial charge in [0, 0.05) is 12.1 Å². The Kier molecular flexibility index (Phi) is 4.95. The van der Waals surface area contributed by atoms with E-state index in [4.69, 9.17) is 10.5 Å². The molecule has 1 aromatic rings. The molecule has 0 radical (unpaired) electrons. The van der Waals surface area contributed by atoms with Crippen LogP contribution in [0, 0.1) is 0 Å². The Hall–Kier alpha value is -1.39. The lowest BCUT2D eigenvalue weighted by Gasteiger charge is -2.13. The van der Waals surface area contributed by atoms with E-state index in [-0.39, 0.29) is 6.10 Å². The van der Waals surface area contributed by atoms with E-state index in [0.29, 0.717) is 12.2 Å². The number of carbonyl (C=O) groups is 1. The van der Waals surface area contributed by atoms with E-state index < -0.39 is 5.91 Å². The number of amides is 1. The Bertz CT molecular complexity index is 353. The minimum atomic E-state index is -0.416. The van der Waals surface area contributed by atoms with Crippen LogP contribution in [-0.4, -0.2) is 25.6 Å². The number of nitrogens with two attached hydrogens (primary N) is 1. The Morgan fingerprint density at radius 3 is 2.81 bits per heavy atom. The van der Waals surface area contributed by atoms with E-state index >= 15 is 0 Å². The molecule has 0 aliphatic rings. The Labute approximate surface area is 95.8 Å². The smallest absolute Gasteiger partial charge is 0.249 e. The molecule has 0 spiro atoms. The predicted octanol–water partition coefficient (Wildman–Crippen LogP) is 0.910. The van der Waals surface area contributed by atoms with Gasteiger partial charge in [-0.15, -0.1) is 0 Å². The Morgan fingerprint density at radius 1 is 1.50 bits per heavy atom. The third kappa shape index (κ3) is 3.64. The largest absolute Gasteiger partial charge is 0.372 e. The van der Waals surface area contributed by atoms with Gasteiger partial charge in [-0.3, -0.25) is 4.79 Å². The molecular weight excluding hydrogens is 204 g/mol. The summed E-state index contributed by atoms with van der Waals surface area (Å²) in [6, 6.07) is 7.23. The summed E-state index contributed by atoms with van der Waals surface area (Å²) in [6.45, 7) is 3.16. The van der Waals surface area contributed by atoms with Crippen molar-refractivity contribution < 1.29 is 9.53 Å². The van der Waals surface area contributed by atoms with Gasteiger partial charge in [-0.05, 0) is 25.6 Å². The van der Waals surface area contributed by atoms with Crippen LogP contribution in [0.3, 0.4) is 0 Å². The summed E-state index contributed by atoms with van der Waals surface area (Å²) in [5.74, 6) is -0.416. The predicted molar refractivity (Wildman–Crippen MR) is 63.1 cm³/mol. The van der Waals surface area contributed by atoms with Gasteiger partial charge in [0.1, 0.15) is 0 Å². The monoisotopic (exact) mass is 222 g/mol. The van der Waals surface area contributed by atoms with Crippen LogP contribution in [0.25, 0.3) is 0 Å². The molecule has 1 unspecified atom stereocenters. The Morgan fingerprint density at radius 2 is 2.19 bits per heavy atom. The molecule has 1 rings (SSSR count). The van der Waals surface area contributed by atoms with E-state index in [1.165, 1.54) is 0 Å². The molecule has 0 heterocycles. The van der Waals surface area contributed by atoms with E-state index in [1.807, 2.05) is 26.1 Å². The summed E-state index contributed by atoms with van der Waals surface area (Å²) in [6.07, 6.45) is 0.103. The zero-order valence-corrected chi connectivity index (χ0v) is 9.69. The molecule has 0 saturated carbocycles. The minimum absolute atomic E-state index is 0.103. The fraction of sp³-hybridized carbons (Fsp3) is 0.417. The van der Waals surface area contributed by atoms with E-state index in [9.17, 15) is 4.79 Å². The summed E-state index contributed by atoms with van der Waals surface area (Å²) < 4.78 is 5.59. The highest BCUT2D eigenvalue weighted by atomic mass is 16.5. The SMILES string of the molecule is CNCC(C)OCc1ccccc1C(N)=O. The molecule has 0 aliphatic heterocycles. The highest BCUT2D eigenvalue weighted by molar-refractivity contribution is 5.94. The molecule has 0 aromatic heterocycles. The maximum atomic E-state index is 11.1. The first-order chi connectivity index (χ1) is 7.65. The Balaban J connectivity index is 2.63. The summed E-state index contributed by atoms with van der Waals surface area (Å²) >= 11 is 0. The second kappa shape index (κ2) is 6.25. The molecule has 3 N–H and O–H groups in total. The second-order valence-electron chi connectivity index (χ2n) is 3.70. The number of ether oxygens (including phenoxy) is 1. The maximum Gasteiger partial charge on any atom is 0.249 e. The fourth-order valence-electron chi connectivity index (χ4n) is 1.46. The van der Waals surface area contributed by atoms with E-state index in [0.717, 1.165) is 12.1 Å². The van der Waals surface area contributed by atoms with Crippen LogP contribution in [0.2, 0.25) is 0 Å². The first-order valence-electron chi connectivity index (χ1n) is 5.29. The van der Waals surface area contributed by atoms with Crippen LogP contribution >= 0.6 is 0 Å². The number of hydrogen-bond acceptors (Lipinski definition) is 3. The standard InChI is InChI=1S/C12H18N2O2/c1-9(7-14-2)16-8-10-5-3-4-6-11(10)12(13)15/h3-6,9,14H,7-8H2,1-2H3,(H2,13,15). The minimum Gasteiger partial charge on any atom is -0.372 e. The summed E-state index contributed by atoms with van der Waals surface area (Å²) in [4.78, 5) is 11.1. The summed E-state index contributed by atoms with van der Waals surface area (Å²) in [5.41, 5.74) is 6.63. The molecule has 4 nitrogen and oxygen atoms in total. The van der Waals surface area contributed by atoms with Crippen molar-refractivity contribution in [2.75, 3.05) is 13.6 Å². The zero-order valence-electron chi connectivity index (χ0n) is 9.69. The van der Waals surface area contributed by atoms with E-state index in [2.05, 4.69) is 5.32 Å². The summed E-state index contributed by atoms with van der Waals surface area (Å²) in [5, 5.41) is 3.02. The van der Waals surface area contributed by atoms with Crippen LogP contribution in [0.5, 0.6) is 0 Å². The lowest BCUT2D eigenvalue weighted by molar-refractivity contribution is 0.0538. The molecule has 88 valence electrons. The van der Waals surface area contributed by atoms with Gasteiger partial charge >= 0.3 is 0 Å². The number of benzene rings is 1. The van der Waals surface area contributed by atoms with Crippen LogP contribution < -0.4 is 11.1 Å². The van der Waals surface area contributed by atoms with Gasteiger partial charge in [0.25, 0.3) is 0 Å². The highest BCUT2D eigenvalue weighted by Crippen LogP contribution is 2.10. The number of nitrogens with one attached hydrogen (secondary N) is 1. The molecule has 0 fully saturated rings. The van der Waals surface area contributed by atoms with Crippen molar-refractivity contribution in [3.05, 3.63) is 35.4 Å². The second-order valence-corrected chi connectivity index (χ2v) is 3.70. The van der Waals surface area contributed by atoms with Crippen molar-refractivity contribution in [3.8, 4) is 0 Å². The number of likely N-dealkylation sites (N-methyl/N-ethyl adjacent to an activating group) is 1. The number of carbonyl (C=O) groups excluding carboxylic acids is 1. The van der Waals surface area contributed by atoms with Gasteiger partial charge < -0.3 is 15.8 Å². The van der Waals surface area contributed by atoms with Gasteiger partial charge in [0.15, 0.2) is 0 Å². The van der Waals surface area contributed by atoms with Gasteiger partial charge in [-0.1, -0.05) is 18.2 Å². The third-order valence-electron chi connectivity index (χ3n) is 2.30. The number of rotatable bonds is 6. The number of hydrogen-bond donors (Lipinski definition) is 2. The quantitative estimate of drug-likeness (QED) is 0.752. The van der Waals surface area contributed by atoms with Gasteiger partial charge in [-0.25, -0.2) is 0 Å². The maximum absolute atomic E-state index is 11.1. The first kappa shape index (κ1) is 12.7. The average molecular weight is 222 g/mol. The molecule has 0 bridgehead atoms. The van der Waals surface area contributed by atoms with Gasteiger partial charge in [-0.2, -0.15) is 0 Å². The first-order valence-corrected chi connectivity index (χ1v) is 5.29. The highest BCUT2D eigenvalue weighted by Gasteiger charge is 2.08.